The molecule has 10 aromatic rings. The normalized spacial score (nSPS) is 11.6. The van der Waals surface area contributed by atoms with Crippen molar-refractivity contribution in [3.05, 3.63) is 182 Å². The summed E-state index contributed by atoms with van der Waals surface area (Å²) < 4.78 is 0. The molecule has 0 radical (unpaired) electrons. The van der Waals surface area contributed by atoms with E-state index < -0.39 is 0 Å². The number of rotatable bonds is 4. The summed E-state index contributed by atoms with van der Waals surface area (Å²) in [6.45, 7) is 0. The van der Waals surface area contributed by atoms with E-state index in [1.165, 1.54) is 49.0 Å². The molecule has 232 valence electrons. The summed E-state index contributed by atoms with van der Waals surface area (Å²) >= 11 is 0. The molecule has 0 bridgehead atoms. The van der Waals surface area contributed by atoms with E-state index in [9.17, 15) is 0 Å². The third kappa shape index (κ3) is 4.65. The van der Waals surface area contributed by atoms with Crippen molar-refractivity contribution in [1.29, 1.82) is 0 Å². The fraction of sp³-hybridized carbons (Fsp3) is 0. The molecule has 1 aromatic heterocycles. The van der Waals surface area contributed by atoms with E-state index >= 15 is 0 Å². The summed E-state index contributed by atoms with van der Waals surface area (Å²) in [5.74, 6) is 0.730. The summed E-state index contributed by atoms with van der Waals surface area (Å²) in [7, 11) is 0. The molecule has 50 heavy (non-hydrogen) atoms. The summed E-state index contributed by atoms with van der Waals surface area (Å²) in [5.41, 5.74) is 8.72. The van der Waals surface area contributed by atoms with Gasteiger partial charge in [0, 0.05) is 21.9 Å². The maximum Gasteiger partial charge on any atom is 0.160 e. The SMILES string of the molecule is c1ccc(-c2nc(-c3ccccc3)c3ccc4ccc(-c5cccc(-c6ccc7c8ccccc8c8ccccc8c7c6)c5)cc4c3n2)cc1. The topological polar surface area (TPSA) is 25.8 Å². The van der Waals surface area contributed by atoms with E-state index in [2.05, 4.69) is 158 Å². The van der Waals surface area contributed by atoms with Crippen molar-refractivity contribution in [2.75, 3.05) is 0 Å². The van der Waals surface area contributed by atoms with E-state index in [0.717, 1.165) is 49.9 Å². The van der Waals surface area contributed by atoms with Gasteiger partial charge in [0.1, 0.15) is 0 Å². The molecule has 0 amide bonds. The number of fused-ring (bicyclic) bond motifs is 9. The Kier molecular flexibility index (Phi) is 6.53. The van der Waals surface area contributed by atoms with E-state index in [4.69, 9.17) is 9.97 Å². The first-order chi connectivity index (χ1) is 24.8. The molecule has 1 heterocycles. The second-order valence-electron chi connectivity index (χ2n) is 13.0. The lowest BCUT2D eigenvalue weighted by Crippen LogP contribution is -1.96. The quantitative estimate of drug-likeness (QED) is 0.180. The van der Waals surface area contributed by atoms with Gasteiger partial charge in [0.15, 0.2) is 5.82 Å². The number of nitrogens with zero attached hydrogens (tertiary/aromatic N) is 2. The number of hydrogen-bond acceptors (Lipinski definition) is 2. The predicted molar refractivity (Wildman–Crippen MR) is 211 cm³/mol. The summed E-state index contributed by atoms with van der Waals surface area (Å²) in [6, 6.07) is 65.2. The Bertz CT molecular complexity index is 2880. The average Bonchev–Trinajstić information content (AvgIpc) is 3.21. The molecule has 0 spiro atoms. The first-order valence-corrected chi connectivity index (χ1v) is 17.1. The molecule has 0 unspecified atom stereocenters. The van der Waals surface area contributed by atoms with Gasteiger partial charge in [-0.1, -0.05) is 158 Å². The summed E-state index contributed by atoms with van der Waals surface area (Å²) in [4.78, 5) is 10.3. The van der Waals surface area contributed by atoms with Crippen LogP contribution in [0.1, 0.15) is 0 Å². The minimum absolute atomic E-state index is 0.730. The van der Waals surface area contributed by atoms with E-state index in [1.807, 2.05) is 24.3 Å². The van der Waals surface area contributed by atoms with Crippen molar-refractivity contribution in [3.63, 3.8) is 0 Å². The fourth-order valence-corrected chi connectivity index (χ4v) is 7.59. The highest BCUT2D eigenvalue weighted by Gasteiger charge is 2.15. The van der Waals surface area contributed by atoms with Crippen LogP contribution in [-0.4, -0.2) is 9.97 Å². The average molecular weight is 635 g/mol. The van der Waals surface area contributed by atoms with Crippen LogP contribution in [0.4, 0.5) is 0 Å². The minimum atomic E-state index is 0.730. The molecule has 0 aliphatic carbocycles. The molecule has 9 aromatic carbocycles. The zero-order chi connectivity index (χ0) is 33.0. The first kappa shape index (κ1) is 28.4. The van der Waals surface area contributed by atoms with Crippen LogP contribution in [0.5, 0.6) is 0 Å². The maximum atomic E-state index is 5.22. The Morgan fingerprint density at radius 2 is 0.720 bits per heavy atom. The highest BCUT2D eigenvalue weighted by Crippen LogP contribution is 2.39. The Hall–Kier alpha value is -6.64. The molecule has 0 atom stereocenters. The Labute approximate surface area is 290 Å². The van der Waals surface area contributed by atoms with Crippen molar-refractivity contribution < 1.29 is 0 Å². The third-order valence-corrected chi connectivity index (χ3v) is 10.0. The van der Waals surface area contributed by atoms with Crippen LogP contribution < -0.4 is 0 Å². The van der Waals surface area contributed by atoms with Gasteiger partial charge in [-0.05, 0) is 84.2 Å². The monoisotopic (exact) mass is 634 g/mol. The van der Waals surface area contributed by atoms with Gasteiger partial charge in [0.25, 0.3) is 0 Å². The standard InChI is InChI=1S/C48H30N2/c1-3-12-32(13-4-1)46-43-27-24-31-22-23-36(29-44(31)47(43)50-48(49-46)33-14-5-2-6-15-33)34-16-11-17-35(28-34)37-25-26-42-40-20-8-7-18-38(40)39-19-9-10-21-41(39)45(42)30-37/h1-30H. The van der Waals surface area contributed by atoms with E-state index in [1.54, 1.807) is 0 Å². The molecule has 2 heteroatoms. The van der Waals surface area contributed by atoms with Gasteiger partial charge in [-0.2, -0.15) is 0 Å². The number of aromatic nitrogens is 2. The third-order valence-electron chi connectivity index (χ3n) is 10.0. The van der Waals surface area contributed by atoms with E-state index in [0.29, 0.717) is 0 Å². The fourth-order valence-electron chi connectivity index (χ4n) is 7.59. The Balaban J connectivity index is 1.14. The van der Waals surface area contributed by atoms with Gasteiger partial charge >= 0.3 is 0 Å². The Morgan fingerprint density at radius 3 is 1.38 bits per heavy atom. The van der Waals surface area contributed by atoms with E-state index in [-0.39, 0.29) is 0 Å². The maximum absolute atomic E-state index is 5.22. The lowest BCUT2D eigenvalue weighted by molar-refractivity contribution is 1.23. The smallest absolute Gasteiger partial charge is 0.160 e. The van der Waals surface area contributed by atoms with Crippen molar-refractivity contribution in [2.45, 2.75) is 0 Å². The highest BCUT2D eigenvalue weighted by molar-refractivity contribution is 6.25. The zero-order valence-electron chi connectivity index (χ0n) is 27.2. The lowest BCUT2D eigenvalue weighted by Gasteiger charge is -2.13. The van der Waals surface area contributed by atoms with Gasteiger partial charge < -0.3 is 0 Å². The van der Waals surface area contributed by atoms with Gasteiger partial charge in [0.2, 0.25) is 0 Å². The van der Waals surface area contributed by atoms with Gasteiger partial charge in [-0.15, -0.1) is 0 Å². The van der Waals surface area contributed by atoms with Crippen LogP contribution in [0.25, 0.3) is 98.9 Å². The van der Waals surface area contributed by atoms with Gasteiger partial charge in [-0.3, -0.25) is 0 Å². The van der Waals surface area contributed by atoms with Crippen LogP contribution >= 0.6 is 0 Å². The van der Waals surface area contributed by atoms with Crippen molar-refractivity contribution in [1.82, 2.24) is 9.97 Å². The molecule has 0 aliphatic heterocycles. The Morgan fingerprint density at radius 1 is 0.260 bits per heavy atom. The summed E-state index contributed by atoms with van der Waals surface area (Å²) in [5, 5.41) is 11.0. The molecular weight excluding hydrogens is 605 g/mol. The lowest BCUT2D eigenvalue weighted by atomic mass is 9.91. The van der Waals surface area contributed by atoms with Crippen molar-refractivity contribution >= 4 is 54.0 Å². The second-order valence-corrected chi connectivity index (χ2v) is 13.0. The van der Waals surface area contributed by atoms with Crippen molar-refractivity contribution in [3.8, 4) is 44.9 Å². The zero-order valence-corrected chi connectivity index (χ0v) is 27.2. The first-order valence-electron chi connectivity index (χ1n) is 17.1. The predicted octanol–water partition coefficient (Wildman–Crippen LogP) is 12.9. The molecule has 10 rings (SSSR count). The molecule has 0 fully saturated rings. The highest BCUT2D eigenvalue weighted by atomic mass is 14.9. The van der Waals surface area contributed by atoms with Gasteiger partial charge in [-0.25, -0.2) is 9.97 Å². The van der Waals surface area contributed by atoms with Crippen LogP contribution in [0, 0.1) is 0 Å². The van der Waals surface area contributed by atoms with Crippen LogP contribution in [0.15, 0.2) is 182 Å². The van der Waals surface area contributed by atoms with Crippen LogP contribution in [0.3, 0.4) is 0 Å². The molecule has 0 N–H and O–H groups in total. The largest absolute Gasteiger partial charge is 0.227 e. The second kappa shape index (κ2) is 11.5. The summed E-state index contributed by atoms with van der Waals surface area (Å²) in [6.07, 6.45) is 0. The van der Waals surface area contributed by atoms with Crippen molar-refractivity contribution in [2.24, 2.45) is 0 Å². The molecule has 0 saturated heterocycles. The molecule has 0 aliphatic rings. The minimum Gasteiger partial charge on any atom is -0.227 e. The molecular formula is C48H30N2. The van der Waals surface area contributed by atoms with Crippen LogP contribution in [0.2, 0.25) is 0 Å². The molecule has 2 nitrogen and oxygen atoms in total. The number of hydrogen-bond donors (Lipinski definition) is 0. The molecule has 0 saturated carbocycles. The van der Waals surface area contributed by atoms with Gasteiger partial charge in [0.05, 0.1) is 11.2 Å². The van der Waals surface area contributed by atoms with Crippen LogP contribution in [-0.2, 0) is 0 Å². The number of benzene rings is 9.